The van der Waals surface area contributed by atoms with Gasteiger partial charge in [0.25, 0.3) is 0 Å². The normalized spacial score (nSPS) is 15.8. The van der Waals surface area contributed by atoms with E-state index >= 15 is 0 Å². The molecule has 0 bridgehead atoms. The zero-order chi connectivity index (χ0) is 23.4. The van der Waals surface area contributed by atoms with Crippen molar-refractivity contribution in [3.8, 4) is 0 Å². The largest absolute Gasteiger partial charge is 0.480 e. The van der Waals surface area contributed by atoms with Crippen molar-refractivity contribution in [2.75, 3.05) is 12.0 Å². The summed E-state index contributed by atoms with van der Waals surface area (Å²) >= 11 is 1.53. The molecule has 0 aliphatic rings. The molecule has 0 aromatic carbocycles. The molecule has 0 saturated carbocycles. The van der Waals surface area contributed by atoms with Crippen molar-refractivity contribution >= 4 is 41.4 Å². The van der Waals surface area contributed by atoms with Crippen LogP contribution in [0.1, 0.15) is 40.0 Å². The predicted molar refractivity (Wildman–Crippen MR) is 113 cm³/mol. The molecule has 0 aromatic rings. The van der Waals surface area contributed by atoms with Gasteiger partial charge in [-0.2, -0.15) is 11.8 Å². The lowest BCUT2D eigenvalue weighted by molar-refractivity contribution is -0.144. The van der Waals surface area contributed by atoms with Crippen molar-refractivity contribution in [3.63, 3.8) is 0 Å². The second kappa shape index (κ2) is 13.8. The first-order chi connectivity index (χ1) is 13.9. The van der Waals surface area contributed by atoms with Crippen molar-refractivity contribution < 1.29 is 29.1 Å². The summed E-state index contributed by atoms with van der Waals surface area (Å²) in [5.74, 6) is -3.91. The molecular weight excluding hydrogens is 414 g/mol. The van der Waals surface area contributed by atoms with Crippen LogP contribution in [0.15, 0.2) is 0 Å². The van der Waals surface area contributed by atoms with Crippen molar-refractivity contribution in [3.05, 3.63) is 0 Å². The van der Waals surface area contributed by atoms with Gasteiger partial charge in [-0.05, 0) is 31.3 Å². The number of carboxylic acid groups (broad SMARTS) is 1. The summed E-state index contributed by atoms with van der Waals surface area (Å²) in [6, 6.07) is -4.40. The van der Waals surface area contributed by atoms with E-state index in [1.54, 1.807) is 13.8 Å². The monoisotopic (exact) mass is 447 g/mol. The Morgan fingerprint density at radius 1 is 1.00 bits per heavy atom. The molecule has 0 aliphatic carbocycles. The van der Waals surface area contributed by atoms with Crippen LogP contribution in [0.2, 0.25) is 0 Å². The quantitative estimate of drug-likeness (QED) is 0.186. The summed E-state index contributed by atoms with van der Waals surface area (Å²) in [5, 5.41) is 16.4. The predicted octanol–water partition coefficient (Wildman–Crippen LogP) is -1.45. The number of nitrogens with one attached hydrogen (secondary N) is 3. The van der Waals surface area contributed by atoms with E-state index in [0.29, 0.717) is 18.6 Å². The number of rotatable bonds is 14. The molecule has 0 spiro atoms. The average molecular weight is 448 g/mol. The van der Waals surface area contributed by atoms with E-state index in [1.807, 2.05) is 6.26 Å². The first-order valence-electron chi connectivity index (χ1n) is 9.61. The number of carbonyl (C=O) groups excluding carboxylic acids is 4. The minimum Gasteiger partial charge on any atom is -0.480 e. The van der Waals surface area contributed by atoms with Gasteiger partial charge >= 0.3 is 5.97 Å². The third-order valence-corrected chi connectivity index (χ3v) is 5.18. The first kappa shape index (κ1) is 27.7. The fourth-order valence-corrected chi connectivity index (χ4v) is 2.90. The summed E-state index contributed by atoms with van der Waals surface area (Å²) in [5.41, 5.74) is 10.9. The average Bonchev–Trinajstić information content (AvgIpc) is 2.67. The van der Waals surface area contributed by atoms with E-state index in [1.165, 1.54) is 18.7 Å². The topological polar surface area (TPSA) is 194 Å². The minimum absolute atomic E-state index is 0.377. The molecule has 4 amide bonds. The number of nitrogens with two attached hydrogens (primary N) is 2. The summed E-state index contributed by atoms with van der Waals surface area (Å²) < 4.78 is 0. The Bertz CT molecular complexity index is 632. The van der Waals surface area contributed by atoms with Gasteiger partial charge < -0.3 is 32.5 Å². The molecule has 8 N–H and O–H groups in total. The van der Waals surface area contributed by atoms with E-state index < -0.39 is 60.2 Å². The van der Waals surface area contributed by atoms with E-state index in [2.05, 4.69) is 16.0 Å². The van der Waals surface area contributed by atoms with E-state index in [9.17, 15) is 29.1 Å². The Labute approximate surface area is 180 Å². The van der Waals surface area contributed by atoms with E-state index in [-0.39, 0.29) is 5.92 Å². The zero-order valence-corrected chi connectivity index (χ0v) is 18.6. The molecule has 0 saturated heterocycles. The smallest absolute Gasteiger partial charge is 0.326 e. The van der Waals surface area contributed by atoms with Gasteiger partial charge in [0, 0.05) is 0 Å². The second-order valence-electron chi connectivity index (χ2n) is 7.06. The molecule has 0 aromatic heterocycles. The maximum Gasteiger partial charge on any atom is 0.326 e. The van der Waals surface area contributed by atoms with Crippen LogP contribution in [0, 0.1) is 5.92 Å². The number of amides is 4. The maximum atomic E-state index is 12.5. The summed E-state index contributed by atoms with van der Waals surface area (Å²) in [6.07, 6.45) is 2.27. The van der Waals surface area contributed by atoms with Gasteiger partial charge in [-0.3, -0.25) is 19.2 Å². The second-order valence-corrected chi connectivity index (χ2v) is 8.05. The molecule has 0 aliphatic heterocycles. The standard InChI is InChI=1S/C18H33N5O6S/c1-5-9(2)14(18(28)29)23-17(27)12(8-13(20)24)22-15(25)10(3)21-16(26)11(19)6-7-30-4/h9-12,14H,5-8,19H2,1-4H3,(H2,20,24)(H,21,26)(H,22,25)(H,23,27)(H,28,29). The molecule has 5 unspecified atom stereocenters. The van der Waals surface area contributed by atoms with Crippen molar-refractivity contribution in [2.24, 2.45) is 17.4 Å². The minimum atomic E-state index is -1.38. The summed E-state index contributed by atoms with van der Waals surface area (Å²) in [7, 11) is 0. The molecule has 11 nitrogen and oxygen atoms in total. The summed E-state index contributed by atoms with van der Waals surface area (Å²) in [4.78, 5) is 59.7. The third kappa shape index (κ3) is 9.92. The fourth-order valence-electron chi connectivity index (χ4n) is 2.41. The summed E-state index contributed by atoms with van der Waals surface area (Å²) in [6.45, 7) is 4.81. The Balaban J connectivity index is 5.12. The SMILES string of the molecule is CCC(C)C(NC(=O)C(CC(N)=O)NC(=O)C(C)NC(=O)C(N)CCSC)C(=O)O. The van der Waals surface area contributed by atoms with Gasteiger partial charge in [0.15, 0.2) is 0 Å². The zero-order valence-electron chi connectivity index (χ0n) is 17.8. The van der Waals surface area contributed by atoms with Gasteiger partial charge in [0.1, 0.15) is 18.1 Å². The van der Waals surface area contributed by atoms with Crippen molar-refractivity contribution in [2.45, 2.75) is 64.2 Å². The van der Waals surface area contributed by atoms with E-state index in [4.69, 9.17) is 11.5 Å². The van der Waals surface area contributed by atoms with Crippen LogP contribution in [0.25, 0.3) is 0 Å². The number of hydrogen-bond acceptors (Lipinski definition) is 7. The fraction of sp³-hybridized carbons (Fsp3) is 0.722. The highest BCUT2D eigenvalue weighted by atomic mass is 32.2. The van der Waals surface area contributed by atoms with Gasteiger partial charge in [0.2, 0.25) is 23.6 Å². The molecule has 5 atom stereocenters. The Morgan fingerprint density at radius 2 is 1.60 bits per heavy atom. The number of aliphatic carboxylic acids is 1. The lowest BCUT2D eigenvalue weighted by atomic mass is 9.98. The maximum absolute atomic E-state index is 12.5. The molecule has 30 heavy (non-hydrogen) atoms. The molecular formula is C18H33N5O6S. The Morgan fingerprint density at radius 3 is 2.07 bits per heavy atom. The van der Waals surface area contributed by atoms with Gasteiger partial charge in [-0.15, -0.1) is 0 Å². The first-order valence-corrected chi connectivity index (χ1v) is 11.0. The number of hydrogen-bond donors (Lipinski definition) is 6. The molecule has 0 radical (unpaired) electrons. The molecule has 0 fully saturated rings. The van der Waals surface area contributed by atoms with Crippen LogP contribution in [-0.4, -0.2) is 70.9 Å². The number of carbonyl (C=O) groups is 5. The molecule has 12 heteroatoms. The Hall–Kier alpha value is -2.34. The van der Waals surface area contributed by atoms with Crippen LogP contribution in [0.4, 0.5) is 0 Å². The number of carboxylic acids is 1. The lowest BCUT2D eigenvalue weighted by Gasteiger charge is -2.25. The molecule has 0 heterocycles. The van der Waals surface area contributed by atoms with Gasteiger partial charge in [-0.25, -0.2) is 4.79 Å². The van der Waals surface area contributed by atoms with Crippen LogP contribution in [0.3, 0.4) is 0 Å². The van der Waals surface area contributed by atoms with Crippen LogP contribution < -0.4 is 27.4 Å². The highest BCUT2D eigenvalue weighted by molar-refractivity contribution is 7.98. The van der Waals surface area contributed by atoms with Crippen molar-refractivity contribution in [1.82, 2.24) is 16.0 Å². The number of primary amides is 1. The third-order valence-electron chi connectivity index (χ3n) is 4.54. The van der Waals surface area contributed by atoms with Gasteiger partial charge in [0.05, 0.1) is 12.5 Å². The molecule has 172 valence electrons. The van der Waals surface area contributed by atoms with E-state index in [0.717, 1.165) is 0 Å². The Kier molecular flexibility index (Phi) is 12.7. The number of thioether (sulfide) groups is 1. The highest BCUT2D eigenvalue weighted by Gasteiger charge is 2.31. The highest BCUT2D eigenvalue weighted by Crippen LogP contribution is 2.09. The van der Waals surface area contributed by atoms with Crippen LogP contribution in [-0.2, 0) is 24.0 Å². The van der Waals surface area contributed by atoms with Gasteiger partial charge in [-0.1, -0.05) is 20.3 Å². The van der Waals surface area contributed by atoms with Crippen LogP contribution in [0.5, 0.6) is 0 Å². The van der Waals surface area contributed by atoms with Crippen molar-refractivity contribution in [1.29, 1.82) is 0 Å². The van der Waals surface area contributed by atoms with Crippen LogP contribution >= 0.6 is 11.8 Å². The molecule has 0 rings (SSSR count). The lowest BCUT2D eigenvalue weighted by Crippen LogP contribution is -2.57.